The molecule has 0 unspecified atom stereocenters. The van der Waals surface area contributed by atoms with Crippen LogP contribution in [0.4, 0.5) is 5.69 Å². The van der Waals surface area contributed by atoms with Crippen molar-refractivity contribution in [1.82, 2.24) is 14.9 Å². The van der Waals surface area contributed by atoms with Crippen LogP contribution in [0.3, 0.4) is 0 Å². The highest BCUT2D eigenvalue weighted by atomic mass is 16.5. The van der Waals surface area contributed by atoms with E-state index in [-0.39, 0.29) is 12.3 Å². The highest BCUT2D eigenvalue weighted by Crippen LogP contribution is 2.28. The third-order valence-electron chi connectivity index (χ3n) is 4.22. The summed E-state index contributed by atoms with van der Waals surface area (Å²) >= 11 is 0. The number of para-hydroxylation sites is 2. The standard InChI is InChI=1S/C17H20N4O4/c1-25-14-5-3-2-4-13(14)20-6-8-21(9-7-20)16(23)11-12-10-15(22)19-17(24)18-12/h2-5,10H,6-9,11H2,1H3,(H2,18,19,22,24). The van der Waals surface area contributed by atoms with E-state index in [0.717, 1.165) is 11.4 Å². The molecule has 0 atom stereocenters. The molecule has 2 heterocycles. The number of hydrogen-bond donors (Lipinski definition) is 2. The minimum Gasteiger partial charge on any atom is -0.495 e. The molecule has 1 fully saturated rings. The second-order valence-corrected chi connectivity index (χ2v) is 5.83. The predicted molar refractivity (Wildman–Crippen MR) is 93.2 cm³/mol. The lowest BCUT2D eigenvalue weighted by Gasteiger charge is -2.36. The monoisotopic (exact) mass is 344 g/mol. The minimum absolute atomic E-state index is 0.00776. The molecule has 1 saturated heterocycles. The van der Waals surface area contributed by atoms with Crippen LogP contribution in [0.1, 0.15) is 5.69 Å². The summed E-state index contributed by atoms with van der Waals surface area (Å²) in [5, 5.41) is 0. The zero-order chi connectivity index (χ0) is 17.8. The van der Waals surface area contributed by atoms with Crippen molar-refractivity contribution in [3.8, 4) is 5.75 Å². The molecule has 1 amide bonds. The van der Waals surface area contributed by atoms with E-state index in [1.807, 2.05) is 24.3 Å². The van der Waals surface area contributed by atoms with E-state index < -0.39 is 11.2 Å². The van der Waals surface area contributed by atoms with Gasteiger partial charge in [0, 0.05) is 37.9 Å². The SMILES string of the molecule is COc1ccccc1N1CCN(C(=O)Cc2cc(=O)[nH]c(=O)[nH]2)CC1. The van der Waals surface area contributed by atoms with Crippen LogP contribution in [0.2, 0.25) is 0 Å². The molecular formula is C17H20N4O4. The number of carbonyl (C=O) groups excluding carboxylic acids is 1. The van der Waals surface area contributed by atoms with Gasteiger partial charge in [-0.2, -0.15) is 0 Å². The first-order valence-electron chi connectivity index (χ1n) is 8.05. The molecule has 0 aliphatic carbocycles. The zero-order valence-corrected chi connectivity index (χ0v) is 13.9. The molecule has 0 spiro atoms. The highest BCUT2D eigenvalue weighted by Gasteiger charge is 2.23. The number of hydrogen-bond acceptors (Lipinski definition) is 5. The van der Waals surface area contributed by atoms with Crippen LogP contribution < -0.4 is 20.9 Å². The van der Waals surface area contributed by atoms with Crippen LogP contribution in [0, 0.1) is 0 Å². The lowest BCUT2D eigenvalue weighted by atomic mass is 10.2. The molecule has 1 aliphatic heterocycles. The fourth-order valence-electron chi connectivity index (χ4n) is 2.98. The molecule has 1 aromatic carbocycles. The molecule has 2 N–H and O–H groups in total. The molecule has 0 saturated carbocycles. The van der Waals surface area contributed by atoms with Gasteiger partial charge < -0.3 is 19.5 Å². The normalized spacial score (nSPS) is 14.4. The number of piperazine rings is 1. The number of anilines is 1. The van der Waals surface area contributed by atoms with E-state index in [9.17, 15) is 14.4 Å². The van der Waals surface area contributed by atoms with Crippen molar-refractivity contribution >= 4 is 11.6 Å². The summed E-state index contributed by atoms with van der Waals surface area (Å²) in [5.74, 6) is 0.698. The number of carbonyl (C=O) groups is 1. The lowest BCUT2D eigenvalue weighted by Crippen LogP contribution is -2.49. The molecule has 0 bridgehead atoms. The number of benzene rings is 1. The van der Waals surface area contributed by atoms with Crippen LogP contribution in [-0.4, -0.2) is 54.1 Å². The van der Waals surface area contributed by atoms with Crippen molar-refractivity contribution in [3.63, 3.8) is 0 Å². The maximum Gasteiger partial charge on any atom is 0.325 e. The van der Waals surface area contributed by atoms with Gasteiger partial charge in [0.15, 0.2) is 0 Å². The lowest BCUT2D eigenvalue weighted by molar-refractivity contribution is -0.130. The Kier molecular flexibility index (Phi) is 4.87. The van der Waals surface area contributed by atoms with Gasteiger partial charge in [0.1, 0.15) is 5.75 Å². The molecular weight excluding hydrogens is 324 g/mol. The molecule has 8 heteroatoms. The van der Waals surface area contributed by atoms with Gasteiger partial charge in [-0.15, -0.1) is 0 Å². The first-order valence-corrected chi connectivity index (χ1v) is 8.05. The molecule has 1 aliphatic rings. The Morgan fingerprint density at radius 2 is 1.84 bits per heavy atom. The van der Waals surface area contributed by atoms with Crippen molar-refractivity contribution in [2.45, 2.75) is 6.42 Å². The number of H-pyrrole nitrogens is 2. The Labute approximate surface area is 144 Å². The van der Waals surface area contributed by atoms with Crippen LogP contribution in [0.5, 0.6) is 5.75 Å². The Morgan fingerprint density at radius 1 is 1.12 bits per heavy atom. The topological polar surface area (TPSA) is 98.5 Å². The van der Waals surface area contributed by atoms with Gasteiger partial charge in [-0.3, -0.25) is 14.6 Å². The molecule has 0 radical (unpaired) electrons. The smallest absolute Gasteiger partial charge is 0.325 e. The number of aromatic amines is 2. The third kappa shape index (κ3) is 3.90. The van der Waals surface area contributed by atoms with E-state index in [1.165, 1.54) is 6.07 Å². The summed E-state index contributed by atoms with van der Waals surface area (Å²) in [6.07, 6.45) is 0.00776. The number of methoxy groups -OCH3 is 1. The molecule has 1 aromatic heterocycles. The average Bonchev–Trinajstić information content (AvgIpc) is 2.61. The van der Waals surface area contributed by atoms with Crippen molar-refractivity contribution < 1.29 is 9.53 Å². The summed E-state index contributed by atoms with van der Waals surface area (Å²) in [6.45, 7) is 2.53. The van der Waals surface area contributed by atoms with Crippen molar-refractivity contribution in [3.05, 3.63) is 56.9 Å². The maximum atomic E-state index is 12.4. The van der Waals surface area contributed by atoms with Crippen LogP contribution in [0.15, 0.2) is 39.9 Å². The number of nitrogens with zero attached hydrogens (tertiary/aromatic N) is 2. The number of aromatic nitrogens is 2. The van der Waals surface area contributed by atoms with Gasteiger partial charge in [-0.25, -0.2) is 4.79 Å². The fraction of sp³-hybridized carbons (Fsp3) is 0.353. The van der Waals surface area contributed by atoms with Crippen LogP contribution >= 0.6 is 0 Å². The summed E-state index contributed by atoms with van der Waals surface area (Å²) in [5.41, 5.74) is 0.228. The predicted octanol–water partition coefficient (Wildman–Crippen LogP) is -0.0369. The van der Waals surface area contributed by atoms with Gasteiger partial charge in [-0.05, 0) is 12.1 Å². The highest BCUT2D eigenvalue weighted by molar-refractivity contribution is 5.78. The van der Waals surface area contributed by atoms with E-state index in [0.29, 0.717) is 31.9 Å². The number of nitrogens with one attached hydrogen (secondary N) is 2. The molecule has 132 valence electrons. The first kappa shape index (κ1) is 16.8. The average molecular weight is 344 g/mol. The first-order chi connectivity index (χ1) is 12.1. The van der Waals surface area contributed by atoms with E-state index >= 15 is 0 Å². The Balaban J connectivity index is 1.63. The summed E-state index contributed by atoms with van der Waals surface area (Å²) in [6, 6.07) is 9.03. The van der Waals surface area contributed by atoms with E-state index in [1.54, 1.807) is 12.0 Å². The van der Waals surface area contributed by atoms with Gasteiger partial charge >= 0.3 is 5.69 Å². The van der Waals surface area contributed by atoms with E-state index in [2.05, 4.69) is 14.9 Å². The second-order valence-electron chi connectivity index (χ2n) is 5.83. The van der Waals surface area contributed by atoms with Gasteiger partial charge in [0.25, 0.3) is 5.56 Å². The summed E-state index contributed by atoms with van der Waals surface area (Å²) in [4.78, 5) is 43.5. The van der Waals surface area contributed by atoms with Crippen LogP contribution in [0.25, 0.3) is 0 Å². The molecule has 8 nitrogen and oxygen atoms in total. The van der Waals surface area contributed by atoms with Crippen molar-refractivity contribution in [2.75, 3.05) is 38.2 Å². The van der Waals surface area contributed by atoms with Crippen LogP contribution in [-0.2, 0) is 11.2 Å². The Morgan fingerprint density at radius 3 is 2.52 bits per heavy atom. The number of amides is 1. The van der Waals surface area contributed by atoms with Gasteiger partial charge in [0.05, 0.1) is 19.2 Å². The minimum atomic E-state index is -0.601. The van der Waals surface area contributed by atoms with Crippen molar-refractivity contribution in [1.29, 1.82) is 0 Å². The zero-order valence-electron chi connectivity index (χ0n) is 13.9. The number of ether oxygens (including phenoxy) is 1. The maximum absolute atomic E-state index is 12.4. The summed E-state index contributed by atoms with van der Waals surface area (Å²) < 4.78 is 5.39. The largest absolute Gasteiger partial charge is 0.495 e. The van der Waals surface area contributed by atoms with E-state index in [4.69, 9.17) is 4.74 Å². The van der Waals surface area contributed by atoms with Gasteiger partial charge in [0.2, 0.25) is 5.91 Å². The summed E-state index contributed by atoms with van der Waals surface area (Å²) in [7, 11) is 1.64. The second kappa shape index (κ2) is 7.25. The molecule has 3 rings (SSSR count). The van der Waals surface area contributed by atoms with Gasteiger partial charge in [-0.1, -0.05) is 12.1 Å². The molecule has 2 aromatic rings. The Hall–Kier alpha value is -3.03. The third-order valence-corrected chi connectivity index (χ3v) is 4.22. The fourth-order valence-corrected chi connectivity index (χ4v) is 2.98. The van der Waals surface area contributed by atoms with Crippen molar-refractivity contribution in [2.24, 2.45) is 0 Å². The Bertz CT molecular complexity index is 837. The molecule has 25 heavy (non-hydrogen) atoms. The number of rotatable bonds is 4. The quantitative estimate of drug-likeness (QED) is 0.811.